The Morgan fingerprint density at radius 2 is 1.79 bits per heavy atom. The first-order valence-electron chi connectivity index (χ1n) is 8.22. The summed E-state index contributed by atoms with van der Waals surface area (Å²) < 4.78 is 1.36. The quantitative estimate of drug-likeness (QED) is 0.499. The molecule has 0 saturated heterocycles. The van der Waals surface area contributed by atoms with E-state index in [0.717, 1.165) is 0 Å². The molecule has 10 nitrogen and oxygen atoms in total. The Hall–Kier alpha value is -4.08. The number of carbonyl (C=O) groups excluding carboxylic acids is 2. The molecule has 3 rings (SSSR count). The first-order chi connectivity index (χ1) is 13.4. The first kappa shape index (κ1) is 18.7. The van der Waals surface area contributed by atoms with Crippen molar-refractivity contribution in [3.8, 4) is 11.4 Å². The number of nitro groups is 1. The second-order valence-electron chi connectivity index (χ2n) is 5.88. The number of aromatic nitrogens is 3. The highest BCUT2D eigenvalue weighted by atomic mass is 16.6. The second kappa shape index (κ2) is 8.08. The van der Waals surface area contributed by atoms with Crippen LogP contribution in [0.5, 0.6) is 0 Å². The van der Waals surface area contributed by atoms with E-state index >= 15 is 0 Å². The molecule has 0 aliphatic rings. The van der Waals surface area contributed by atoms with Crippen LogP contribution >= 0.6 is 0 Å². The van der Waals surface area contributed by atoms with Crippen molar-refractivity contribution in [1.82, 2.24) is 14.8 Å². The van der Waals surface area contributed by atoms with E-state index < -0.39 is 4.92 Å². The van der Waals surface area contributed by atoms with E-state index in [2.05, 4.69) is 20.7 Å². The maximum absolute atomic E-state index is 12.2. The van der Waals surface area contributed by atoms with Crippen molar-refractivity contribution < 1.29 is 14.5 Å². The monoisotopic (exact) mass is 380 g/mol. The third-order valence-electron chi connectivity index (χ3n) is 3.65. The van der Waals surface area contributed by atoms with Gasteiger partial charge in [0.05, 0.1) is 4.92 Å². The zero-order chi connectivity index (χ0) is 20.1. The second-order valence-corrected chi connectivity index (χ2v) is 5.88. The van der Waals surface area contributed by atoms with Gasteiger partial charge in [-0.15, -0.1) is 0 Å². The van der Waals surface area contributed by atoms with Gasteiger partial charge in [-0.05, 0) is 30.3 Å². The van der Waals surface area contributed by atoms with Crippen molar-refractivity contribution in [2.45, 2.75) is 13.5 Å². The van der Waals surface area contributed by atoms with Gasteiger partial charge in [0, 0.05) is 36.0 Å². The van der Waals surface area contributed by atoms with E-state index in [1.165, 1.54) is 30.1 Å². The van der Waals surface area contributed by atoms with Gasteiger partial charge in [0.2, 0.25) is 11.8 Å². The number of benzene rings is 2. The van der Waals surface area contributed by atoms with E-state index in [0.29, 0.717) is 22.8 Å². The van der Waals surface area contributed by atoms with Crippen LogP contribution in [-0.4, -0.2) is 31.5 Å². The van der Waals surface area contributed by atoms with Gasteiger partial charge in [-0.3, -0.25) is 19.7 Å². The summed E-state index contributed by atoms with van der Waals surface area (Å²) in [5, 5.41) is 20.3. The Balaban J connectivity index is 1.64. The number of hydrogen-bond acceptors (Lipinski definition) is 6. The minimum atomic E-state index is -0.485. The summed E-state index contributed by atoms with van der Waals surface area (Å²) in [6.07, 6.45) is 1.41. The van der Waals surface area contributed by atoms with E-state index in [1.54, 1.807) is 36.4 Å². The molecule has 2 N–H and O–H groups in total. The van der Waals surface area contributed by atoms with Crippen molar-refractivity contribution in [2.24, 2.45) is 0 Å². The molecule has 28 heavy (non-hydrogen) atoms. The minimum Gasteiger partial charge on any atom is -0.326 e. The standard InChI is InChI=1S/C18H16N6O4/c1-12(25)20-14-3-2-4-15(9-14)21-17(26)10-23-11-19-18(22-23)13-5-7-16(8-6-13)24(27)28/h2-9,11H,10H2,1H3,(H,20,25)(H,21,26). The molecule has 2 aromatic carbocycles. The van der Waals surface area contributed by atoms with Crippen LogP contribution in [0.3, 0.4) is 0 Å². The Morgan fingerprint density at radius 1 is 1.11 bits per heavy atom. The zero-order valence-corrected chi connectivity index (χ0v) is 14.8. The Morgan fingerprint density at radius 3 is 2.43 bits per heavy atom. The smallest absolute Gasteiger partial charge is 0.269 e. The van der Waals surface area contributed by atoms with Crippen molar-refractivity contribution in [2.75, 3.05) is 10.6 Å². The lowest BCUT2D eigenvalue weighted by Crippen LogP contribution is -2.19. The molecule has 0 aliphatic carbocycles. The number of hydrogen-bond donors (Lipinski definition) is 2. The number of amides is 2. The predicted octanol–water partition coefficient (Wildman–Crippen LogP) is 2.45. The number of non-ortho nitro benzene ring substituents is 1. The highest BCUT2D eigenvalue weighted by molar-refractivity contribution is 5.93. The molecule has 0 bridgehead atoms. The molecule has 0 aliphatic heterocycles. The van der Waals surface area contributed by atoms with Crippen LogP contribution in [0, 0.1) is 10.1 Å². The molecule has 0 unspecified atom stereocenters. The lowest BCUT2D eigenvalue weighted by molar-refractivity contribution is -0.384. The van der Waals surface area contributed by atoms with E-state index in [-0.39, 0.29) is 24.0 Å². The SMILES string of the molecule is CC(=O)Nc1cccc(NC(=O)Cn2cnc(-c3ccc([N+](=O)[O-])cc3)n2)c1. The predicted molar refractivity (Wildman–Crippen MR) is 101 cm³/mol. The molecule has 0 fully saturated rings. The third kappa shape index (κ3) is 4.75. The van der Waals surface area contributed by atoms with Crippen LogP contribution < -0.4 is 10.6 Å². The summed E-state index contributed by atoms with van der Waals surface area (Å²) in [5.41, 5.74) is 1.69. The van der Waals surface area contributed by atoms with Gasteiger partial charge in [0.25, 0.3) is 5.69 Å². The molecular formula is C18H16N6O4. The fraction of sp³-hybridized carbons (Fsp3) is 0.111. The Bertz CT molecular complexity index is 1030. The lowest BCUT2D eigenvalue weighted by Gasteiger charge is -2.07. The summed E-state index contributed by atoms with van der Waals surface area (Å²) in [5.74, 6) is -0.166. The third-order valence-corrected chi connectivity index (χ3v) is 3.65. The number of nitrogens with zero attached hydrogens (tertiary/aromatic N) is 4. The molecular weight excluding hydrogens is 364 g/mol. The lowest BCUT2D eigenvalue weighted by atomic mass is 10.2. The summed E-state index contributed by atoms with van der Waals surface area (Å²) in [4.78, 5) is 37.7. The number of rotatable bonds is 6. The molecule has 1 heterocycles. The molecule has 0 spiro atoms. The topological polar surface area (TPSA) is 132 Å². The van der Waals surface area contributed by atoms with Gasteiger partial charge in [-0.1, -0.05) is 6.07 Å². The van der Waals surface area contributed by atoms with Crippen molar-refractivity contribution >= 4 is 28.9 Å². The van der Waals surface area contributed by atoms with E-state index in [9.17, 15) is 19.7 Å². The number of nitrogens with one attached hydrogen (secondary N) is 2. The number of anilines is 2. The molecule has 0 atom stereocenters. The summed E-state index contributed by atoms with van der Waals surface area (Å²) >= 11 is 0. The fourth-order valence-electron chi connectivity index (χ4n) is 2.46. The Kier molecular flexibility index (Phi) is 5.40. The van der Waals surface area contributed by atoms with Crippen molar-refractivity contribution in [3.05, 3.63) is 65.0 Å². The normalized spacial score (nSPS) is 10.3. The number of carbonyl (C=O) groups is 2. The molecule has 0 radical (unpaired) electrons. The molecule has 3 aromatic rings. The van der Waals surface area contributed by atoms with Crippen LogP contribution in [0.4, 0.5) is 17.1 Å². The number of nitro benzene ring substituents is 1. The molecule has 10 heteroatoms. The van der Waals surface area contributed by atoms with Crippen molar-refractivity contribution in [3.63, 3.8) is 0 Å². The fourth-order valence-corrected chi connectivity index (χ4v) is 2.46. The molecule has 2 amide bonds. The average molecular weight is 380 g/mol. The first-order valence-corrected chi connectivity index (χ1v) is 8.22. The summed E-state index contributed by atoms with van der Waals surface area (Å²) in [6.45, 7) is 1.34. The van der Waals surface area contributed by atoms with Crippen LogP contribution in [0.15, 0.2) is 54.9 Å². The van der Waals surface area contributed by atoms with Crippen molar-refractivity contribution in [1.29, 1.82) is 0 Å². The average Bonchev–Trinajstić information content (AvgIpc) is 3.09. The van der Waals surface area contributed by atoms with Crippen LogP contribution in [0.1, 0.15) is 6.92 Å². The molecule has 1 aromatic heterocycles. The van der Waals surface area contributed by atoms with E-state index in [1.807, 2.05) is 0 Å². The largest absolute Gasteiger partial charge is 0.326 e. The summed E-state index contributed by atoms with van der Waals surface area (Å²) in [6, 6.07) is 12.6. The Labute approximate surface area is 159 Å². The van der Waals surface area contributed by atoms with Gasteiger partial charge in [0.15, 0.2) is 5.82 Å². The van der Waals surface area contributed by atoms with Gasteiger partial charge in [0.1, 0.15) is 12.9 Å². The van der Waals surface area contributed by atoms with Crippen LogP contribution in [-0.2, 0) is 16.1 Å². The van der Waals surface area contributed by atoms with Crippen LogP contribution in [0.2, 0.25) is 0 Å². The maximum atomic E-state index is 12.2. The van der Waals surface area contributed by atoms with E-state index in [4.69, 9.17) is 0 Å². The van der Waals surface area contributed by atoms with Gasteiger partial charge in [-0.25, -0.2) is 9.67 Å². The van der Waals surface area contributed by atoms with Gasteiger partial charge < -0.3 is 10.6 Å². The van der Waals surface area contributed by atoms with Crippen LogP contribution in [0.25, 0.3) is 11.4 Å². The highest BCUT2D eigenvalue weighted by Gasteiger charge is 2.10. The summed E-state index contributed by atoms with van der Waals surface area (Å²) in [7, 11) is 0. The molecule has 142 valence electrons. The maximum Gasteiger partial charge on any atom is 0.269 e. The molecule has 0 saturated carbocycles. The van der Waals surface area contributed by atoms with Gasteiger partial charge >= 0.3 is 0 Å². The van der Waals surface area contributed by atoms with Gasteiger partial charge in [-0.2, -0.15) is 5.10 Å². The minimum absolute atomic E-state index is 0.0240. The highest BCUT2D eigenvalue weighted by Crippen LogP contribution is 2.19. The zero-order valence-electron chi connectivity index (χ0n) is 14.8.